The fourth-order valence-corrected chi connectivity index (χ4v) is 1.33. The molecular formula is C10H9ClN4. The molecule has 0 aliphatic heterocycles. The van der Waals surface area contributed by atoms with Crippen molar-refractivity contribution in [3.8, 4) is 5.69 Å². The Morgan fingerprint density at radius 3 is 2.40 bits per heavy atom. The number of halogens is 1. The number of aryl methyl sites for hydroxylation is 1. The number of nitrogens with zero attached hydrogens (tertiary/aromatic N) is 4. The van der Waals surface area contributed by atoms with Gasteiger partial charge in [-0.2, -0.15) is 0 Å². The average molecular weight is 221 g/mol. The van der Waals surface area contributed by atoms with Crippen LogP contribution in [-0.4, -0.2) is 9.55 Å². The summed E-state index contributed by atoms with van der Waals surface area (Å²) in [5.41, 5.74) is 1.55. The second-order valence-electron chi connectivity index (χ2n) is 2.96. The molecule has 0 bridgehead atoms. The predicted octanol–water partition coefficient (Wildman–Crippen LogP) is -0.331. The minimum atomic E-state index is 0. The molecule has 0 unspecified atom stereocenters. The van der Waals surface area contributed by atoms with Gasteiger partial charge in [0.2, 0.25) is 5.39 Å². The lowest BCUT2D eigenvalue weighted by molar-refractivity contribution is -0.00000325. The predicted molar refractivity (Wildman–Crippen MR) is 53.0 cm³/mol. The molecule has 0 aliphatic rings. The molecule has 15 heavy (non-hydrogen) atoms. The highest BCUT2D eigenvalue weighted by Gasteiger charge is 2.04. The zero-order valence-electron chi connectivity index (χ0n) is 8.13. The number of benzene rings is 1. The van der Waals surface area contributed by atoms with E-state index in [1.807, 2.05) is 29.8 Å². The molecule has 0 saturated heterocycles. The van der Waals surface area contributed by atoms with E-state index in [9.17, 15) is 0 Å². The summed E-state index contributed by atoms with van der Waals surface area (Å²) in [6, 6.07) is 7.25. The molecule has 76 valence electrons. The molecule has 0 radical (unpaired) electrons. The van der Waals surface area contributed by atoms with E-state index in [-0.39, 0.29) is 12.4 Å². The fraction of sp³-hybridized carbons (Fsp3) is 0.100. The van der Waals surface area contributed by atoms with E-state index in [0.29, 0.717) is 5.69 Å². The highest BCUT2D eigenvalue weighted by atomic mass is 35.5. The summed E-state index contributed by atoms with van der Waals surface area (Å²) in [4.78, 5) is 7.22. The van der Waals surface area contributed by atoms with Crippen LogP contribution in [0.3, 0.4) is 0 Å². The molecule has 2 rings (SSSR count). The molecule has 0 saturated carbocycles. The quantitative estimate of drug-likeness (QED) is 0.618. The second kappa shape index (κ2) is 4.58. The summed E-state index contributed by atoms with van der Waals surface area (Å²) in [6.07, 6.45) is 3.64. The largest absolute Gasteiger partial charge is 1.00 e. The van der Waals surface area contributed by atoms with Crippen LogP contribution in [0.1, 0.15) is 5.82 Å². The molecular weight excluding hydrogens is 212 g/mol. The standard InChI is InChI=1S/C10H9N4.ClH/c1-8-12-6-7-14(8)10-4-2-9(13-11)3-5-10;/h2-7H,1H3;1H/q+1;/p-1. The lowest BCUT2D eigenvalue weighted by atomic mass is 10.3. The first-order valence-corrected chi connectivity index (χ1v) is 4.27. The molecule has 1 aromatic heterocycles. The fourth-order valence-electron chi connectivity index (χ4n) is 1.33. The van der Waals surface area contributed by atoms with E-state index in [4.69, 9.17) is 5.39 Å². The molecule has 0 fully saturated rings. The SMILES string of the molecule is Cc1nccn1-c1ccc([N+]#N)cc1.[Cl-]. The average Bonchev–Trinajstić information content (AvgIpc) is 2.65. The number of hydrogen-bond donors (Lipinski definition) is 0. The van der Waals surface area contributed by atoms with Gasteiger partial charge >= 0.3 is 5.69 Å². The normalized spacial score (nSPS) is 9.07. The number of aromatic nitrogens is 2. The summed E-state index contributed by atoms with van der Waals surface area (Å²) in [7, 11) is 0. The lowest BCUT2D eigenvalue weighted by Crippen LogP contribution is -3.00. The molecule has 0 amide bonds. The summed E-state index contributed by atoms with van der Waals surface area (Å²) in [5.74, 6) is 0.929. The van der Waals surface area contributed by atoms with Crippen LogP contribution in [0.25, 0.3) is 10.7 Å². The van der Waals surface area contributed by atoms with Gasteiger partial charge in [0.1, 0.15) is 5.82 Å². The number of diazo groups is 1. The molecule has 0 atom stereocenters. The first-order chi connectivity index (χ1) is 6.81. The van der Waals surface area contributed by atoms with Crippen LogP contribution in [0.15, 0.2) is 36.7 Å². The van der Waals surface area contributed by atoms with Crippen LogP contribution < -0.4 is 12.4 Å². The minimum Gasteiger partial charge on any atom is -1.00 e. The van der Waals surface area contributed by atoms with Crippen molar-refractivity contribution in [2.24, 2.45) is 0 Å². The third-order valence-corrected chi connectivity index (χ3v) is 2.07. The van der Waals surface area contributed by atoms with E-state index in [1.165, 1.54) is 0 Å². The zero-order chi connectivity index (χ0) is 9.97. The minimum absolute atomic E-state index is 0. The molecule has 2 aromatic rings. The summed E-state index contributed by atoms with van der Waals surface area (Å²) in [6.45, 7) is 1.93. The molecule has 5 heteroatoms. The van der Waals surface area contributed by atoms with Crippen LogP contribution in [0.4, 0.5) is 5.69 Å². The van der Waals surface area contributed by atoms with Crippen molar-refractivity contribution in [1.82, 2.24) is 9.55 Å². The number of rotatable bonds is 1. The third kappa shape index (κ3) is 2.14. The van der Waals surface area contributed by atoms with Crippen molar-refractivity contribution < 1.29 is 12.4 Å². The van der Waals surface area contributed by atoms with Gasteiger partial charge in [0.15, 0.2) is 4.98 Å². The van der Waals surface area contributed by atoms with Gasteiger partial charge in [-0.25, -0.2) is 4.98 Å². The zero-order valence-corrected chi connectivity index (χ0v) is 8.89. The maximum atomic E-state index is 8.52. The first-order valence-electron chi connectivity index (χ1n) is 4.27. The van der Waals surface area contributed by atoms with Crippen molar-refractivity contribution in [3.05, 3.63) is 47.5 Å². The van der Waals surface area contributed by atoms with E-state index in [1.54, 1.807) is 18.3 Å². The Kier molecular flexibility index (Phi) is 3.42. The Labute approximate surface area is 93.6 Å². The number of imidazole rings is 1. The van der Waals surface area contributed by atoms with Crippen molar-refractivity contribution in [1.29, 1.82) is 5.39 Å². The Hall–Kier alpha value is -1.86. The van der Waals surface area contributed by atoms with E-state index in [0.717, 1.165) is 11.5 Å². The van der Waals surface area contributed by atoms with Crippen LogP contribution >= 0.6 is 0 Å². The Morgan fingerprint density at radius 1 is 1.27 bits per heavy atom. The van der Waals surface area contributed by atoms with Gasteiger partial charge < -0.3 is 17.0 Å². The van der Waals surface area contributed by atoms with E-state index >= 15 is 0 Å². The lowest BCUT2D eigenvalue weighted by Gasteiger charge is -2.02. The monoisotopic (exact) mass is 220 g/mol. The van der Waals surface area contributed by atoms with Crippen molar-refractivity contribution in [3.63, 3.8) is 0 Å². The molecule has 0 N–H and O–H groups in total. The van der Waals surface area contributed by atoms with Crippen molar-refractivity contribution in [2.75, 3.05) is 0 Å². The summed E-state index contributed by atoms with van der Waals surface area (Å²) in [5, 5.41) is 8.52. The summed E-state index contributed by atoms with van der Waals surface area (Å²) >= 11 is 0. The third-order valence-electron chi connectivity index (χ3n) is 2.07. The van der Waals surface area contributed by atoms with Gasteiger partial charge in [-0.1, -0.05) is 0 Å². The molecule has 4 nitrogen and oxygen atoms in total. The second-order valence-corrected chi connectivity index (χ2v) is 2.96. The van der Waals surface area contributed by atoms with Gasteiger partial charge in [-0.3, -0.25) is 0 Å². The van der Waals surface area contributed by atoms with Crippen molar-refractivity contribution >= 4 is 5.69 Å². The van der Waals surface area contributed by atoms with Gasteiger partial charge in [-0.05, 0) is 19.1 Å². The Morgan fingerprint density at radius 2 is 1.93 bits per heavy atom. The molecule has 1 heterocycles. The van der Waals surface area contributed by atoms with Gasteiger partial charge in [0.25, 0.3) is 0 Å². The van der Waals surface area contributed by atoms with Gasteiger partial charge in [-0.15, -0.1) is 0 Å². The Balaban J connectivity index is 0.00000112. The smallest absolute Gasteiger partial charge is 0.385 e. The molecule has 1 aromatic carbocycles. The van der Waals surface area contributed by atoms with Crippen LogP contribution in [0.2, 0.25) is 0 Å². The molecule has 0 aliphatic carbocycles. The maximum Gasteiger partial charge on any atom is 0.385 e. The molecule has 0 spiro atoms. The van der Waals surface area contributed by atoms with Crippen LogP contribution in [-0.2, 0) is 0 Å². The van der Waals surface area contributed by atoms with Crippen LogP contribution in [0, 0.1) is 12.3 Å². The van der Waals surface area contributed by atoms with Crippen molar-refractivity contribution in [2.45, 2.75) is 6.92 Å². The van der Waals surface area contributed by atoms with E-state index in [2.05, 4.69) is 9.96 Å². The van der Waals surface area contributed by atoms with E-state index < -0.39 is 0 Å². The summed E-state index contributed by atoms with van der Waals surface area (Å²) < 4.78 is 1.96. The first kappa shape index (κ1) is 11.2. The van der Waals surface area contributed by atoms with Gasteiger partial charge in [0.05, 0.1) is 0 Å². The highest BCUT2D eigenvalue weighted by molar-refractivity contribution is 5.49. The topological polar surface area (TPSA) is 46.0 Å². The van der Waals surface area contributed by atoms with Gasteiger partial charge in [0, 0.05) is 30.2 Å². The number of hydrogen-bond acceptors (Lipinski definition) is 2. The Bertz CT molecular complexity index is 481. The maximum absolute atomic E-state index is 8.52. The highest BCUT2D eigenvalue weighted by Crippen LogP contribution is 2.16. The van der Waals surface area contributed by atoms with Crippen LogP contribution in [0.5, 0.6) is 0 Å².